The molecule has 0 aliphatic rings. The summed E-state index contributed by atoms with van der Waals surface area (Å²) in [7, 11) is 0. The van der Waals surface area contributed by atoms with E-state index in [2.05, 4.69) is 37.2 Å². The van der Waals surface area contributed by atoms with Gasteiger partial charge >= 0.3 is 5.97 Å². The van der Waals surface area contributed by atoms with Gasteiger partial charge in [-0.25, -0.2) is 4.79 Å². The zero-order valence-electron chi connectivity index (χ0n) is 11.2. The fourth-order valence-electron chi connectivity index (χ4n) is 1.91. The van der Waals surface area contributed by atoms with Crippen LogP contribution in [-0.2, 0) is 6.54 Å². The van der Waals surface area contributed by atoms with Crippen molar-refractivity contribution in [1.29, 1.82) is 0 Å². The van der Waals surface area contributed by atoms with Crippen LogP contribution in [0, 0.1) is 6.92 Å². The molecular weight excluding hydrogens is 402 g/mol. The first-order valence-corrected chi connectivity index (χ1v) is 7.72. The second kappa shape index (κ2) is 6.49. The van der Waals surface area contributed by atoms with Crippen LogP contribution in [0.25, 0.3) is 0 Å². The minimum Gasteiger partial charge on any atom is -0.506 e. The number of aryl methyl sites for hydroxylation is 1. The van der Waals surface area contributed by atoms with Gasteiger partial charge in [-0.05, 0) is 80.2 Å². The van der Waals surface area contributed by atoms with Crippen molar-refractivity contribution < 1.29 is 15.0 Å². The Hall–Kier alpha value is -1.53. The number of aromatic hydroxyl groups is 1. The van der Waals surface area contributed by atoms with E-state index in [4.69, 9.17) is 5.11 Å². The number of carboxylic acid groups (broad SMARTS) is 1. The summed E-state index contributed by atoms with van der Waals surface area (Å²) in [6.45, 7) is 2.42. The first-order chi connectivity index (χ1) is 9.88. The van der Waals surface area contributed by atoms with Crippen LogP contribution in [0.2, 0.25) is 0 Å². The largest absolute Gasteiger partial charge is 0.506 e. The number of carbonyl (C=O) groups is 1. The van der Waals surface area contributed by atoms with Crippen molar-refractivity contribution in [2.45, 2.75) is 13.5 Å². The number of carboxylic acids is 1. The molecule has 0 heterocycles. The number of nitrogens with one attached hydrogen (secondary N) is 1. The van der Waals surface area contributed by atoms with Gasteiger partial charge in [0, 0.05) is 12.2 Å². The second-order valence-corrected chi connectivity index (χ2v) is 6.31. The van der Waals surface area contributed by atoms with Gasteiger partial charge in [-0.2, -0.15) is 0 Å². The maximum absolute atomic E-state index is 10.9. The third kappa shape index (κ3) is 3.77. The molecule has 2 aromatic carbocycles. The fourth-order valence-corrected chi connectivity index (χ4v) is 3.19. The van der Waals surface area contributed by atoms with E-state index in [1.54, 1.807) is 18.2 Å². The molecule has 6 heteroatoms. The van der Waals surface area contributed by atoms with Gasteiger partial charge in [0.05, 0.1) is 14.5 Å². The molecule has 2 aromatic rings. The van der Waals surface area contributed by atoms with E-state index >= 15 is 0 Å². The highest BCUT2D eigenvalue weighted by Crippen LogP contribution is 2.33. The van der Waals surface area contributed by atoms with E-state index in [0.29, 0.717) is 15.5 Å². The number of anilines is 1. The Morgan fingerprint density at radius 3 is 2.33 bits per heavy atom. The number of phenolic OH excluding ortho intramolecular Hbond substituents is 1. The summed E-state index contributed by atoms with van der Waals surface area (Å²) in [5.41, 5.74) is 2.99. The Morgan fingerprint density at radius 1 is 1.19 bits per heavy atom. The summed E-state index contributed by atoms with van der Waals surface area (Å²) in [5.74, 6) is -0.767. The summed E-state index contributed by atoms with van der Waals surface area (Å²) < 4.78 is 1.23. The topological polar surface area (TPSA) is 69.6 Å². The maximum atomic E-state index is 10.9. The van der Waals surface area contributed by atoms with Crippen molar-refractivity contribution in [1.82, 2.24) is 0 Å². The monoisotopic (exact) mass is 413 g/mol. The standard InChI is InChI=1S/C15H13Br2NO3/c1-8-4-10(15(20)21)2-3-13(8)18-7-9-5-11(16)14(19)12(17)6-9/h2-6,18-19H,7H2,1H3,(H,20,21). The van der Waals surface area contributed by atoms with Gasteiger partial charge in [0.25, 0.3) is 0 Å². The Labute approximate surface area is 139 Å². The van der Waals surface area contributed by atoms with Gasteiger partial charge < -0.3 is 15.5 Å². The van der Waals surface area contributed by atoms with Crippen LogP contribution in [0.4, 0.5) is 5.69 Å². The summed E-state index contributed by atoms with van der Waals surface area (Å²) in [5, 5.41) is 21.9. The van der Waals surface area contributed by atoms with Gasteiger partial charge in [0.15, 0.2) is 0 Å². The Balaban J connectivity index is 2.15. The van der Waals surface area contributed by atoms with Crippen LogP contribution in [-0.4, -0.2) is 16.2 Å². The van der Waals surface area contributed by atoms with Crippen molar-refractivity contribution >= 4 is 43.5 Å². The summed E-state index contributed by atoms with van der Waals surface area (Å²) >= 11 is 6.58. The molecule has 0 unspecified atom stereocenters. The second-order valence-electron chi connectivity index (χ2n) is 4.60. The zero-order chi connectivity index (χ0) is 15.6. The molecule has 0 bridgehead atoms. The van der Waals surface area contributed by atoms with Gasteiger partial charge in [-0.3, -0.25) is 0 Å². The quantitative estimate of drug-likeness (QED) is 0.687. The molecule has 110 valence electrons. The van der Waals surface area contributed by atoms with Crippen molar-refractivity contribution in [3.05, 3.63) is 56.0 Å². The lowest BCUT2D eigenvalue weighted by atomic mass is 10.1. The third-order valence-electron chi connectivity index (χ3n) is 3.03. The number of halogens is 2. The highest BCUT2D eigenvalue weighted by atomic mass is 79.9. The summed E-state index contributed by atoms with van der Waals surface area (Å²) in [4.78, 5) is 10.9. The average molecular weight is 415 g/mol. The summed E-state index contributed by atoms with van der Waals surface area (Å²) in [6.07, 6.45) is 0. The van der Waals surface area contributed by atoms with E-state index in [1.807, 2.05) is 19.1 Å². The molecule has 4 nitrogen and oxygen atoms in total. The van der Waals surface area contributed by atoms with Crippen LogP contribution in [0.1, 0.15) is 21.5 Å². The lowest BCUT2D eigenvalue weighted by Crippen LogP contribution is -2.03. The Kier molecular flexibility index (Phi) is 4.90. The molecule has 0 aromatic heterocycles. The summed E-state index contributed by atoms with van der Waals surface area (Å²) in [6, 6.07) is 8.61. The fraction of sp³-hybridized carbons (Fsp3) is 0.133. The number of benzene rings is 2. The van der Waals surface area contributed by atoms with Gasteiger partial charge in [0.1, 0.15) is 5.75 Å². The molecule has 0 aliphatic heterocycles. The molecule has 0 fully saturated rings. The zero-order valence-corrected chi connectivity index (χ0v) is 14.3. The van der Waals surface area contributed by atoms with Crippen LogP contribution in [0.15, 0.2) is 39.3 Å². The maximum Gasteiger partial charge on any atom is 0.335 e. The average Bonchev–Trinajstić information content (AvgIpc) is 2.43. The first kappa shape index (κ1) is 15.9. The first-order valence-electron chi connectivity index (χ1n) is 6.13. The third-order valence-corrected chi connectivity index (χ3v) is 4.24. The molecule has 3 N–H and O–H groups in total. The molecule has 0 amide bonds. The molecule has 0 atom stereocenters. The molecular formula is C15H13Br2NO3. The lowest BCUT2D eigenvalue weighted by Gasteiger charge is -2.11. The van der Waals surface area contributed by atoms with Crippen LogP contribution in [0.5, 0.6) is 5.75 Å². The Morgan fingerprint density at radius 2 is 1.81 bits per heavy atom. The van der Waals surface area contributed by atoms with Crippen LogP contribution in [0.3, 0.4) is 0 Å². The van der Waals surface area contributed by atoms with Crippen molar-refractivity contribution in [2.24, 2.45) is 0 Å². The normalized spacial score (nSPS) is 10.4. The van der Waals surface area contributed by atoms with E-state index in [-0.39, 0.29) is 11.3 Å². The van der Waals surface area contributed by atoms with E-state index in [1.165, 1.54) is 0 Å². The number of phenols is 1. The van der Waals surface area contributed by atoms with Crippen molar-refractivity contribution in [2.75, 3.05) is 5.32 Å². The molecule has 21 heavy (non-hydrogen) atoms. The molecule has 0 saturated carbocycles. The molecule has 0 saturated heterocycles. The highest BCUT2D eigenvalue weighted by Gasteiger charge is 2.08. The van der Waals surface area contributed by atoms with Crippen molar-refractivity contribution in [3.8, 4) is 5.75 Å². The minimum absolute atomic E-state index is 0.167. The lowest BCUT2D eigenvalue weighted by molar-refractivity contribution is 0.0697. The molecule has 0 spiro atoms. The van der Waals surface area contributed by atoms with Crippen LogP contribution >= 0.6 is 31.9 Å². The molecule has 2 rings (SSSR count). The van der Waals surface area contributed by atoms with E-state index < -0.39 is 5.97 Å². The molecule has 0 aliphatic carbocycles. The van der Waals surface area contributed by atoms with E-state index in [0.717, 1.165) is 16.8 Å². The number of hydrogen-bond donors (Lipinski definition) is 3. The van der Waals surface area contributed by atoms with Crippen LogP contribution < -0.4 is 5.32 Å². The minimum atomic E-state index is -0.934. The number of aromatic carboxylic acids is 1. The number of rotatable bonds is 4. The van der Waals surface area contributed by atoms with Crippen molar-refractivity contribution in [3.63, 3.8) is 0 Å². The predicted octanol–water partition coefficient (Wildman–Crippen LogP) is 4.54. The number of hydrogen-bond acceptors (Lipinski definition) is 3. The smallest absolute Gasteiger partial charge is 0.335 e. The highest BCUT2D eigenvalue weighted by molar-refractivity contribution is 9.11. The van der Waals surface area contributed by atoms with Gasteiger partial charge in [-0.15, -0.1) is 0 Å². The Bertz CT molecular complexity index is 678. The van der Waals surface area contributed by atoms with Gasteiger partial charge in [0.2, 0.25) is 0 Å². The van der Waals surface area contributed by atoms with Gasteiger partial charge in [-0.1, -0.05) is 0 Å². The predicted molar refractivity (Wildman–Crippen MR) is 89.0 cm³/mol. The molecule has 0 radical (unpaired) electrons. The SMILES string of the molecule is Cc1cc(C(=O)O)ccc1NCc1cc(Br)c(O)c(Br)c1. The van der Waals surface area contributed by atoms with E-state index in [9.17, 15) is 9.90 Å².